The van der Waals surface area contributed by atoms with Crippen LogP contribution >= 0.6 is 0 Å². The van der Waals surface area contributed by atoms with Crippen molar-refractivity contribution in [1.29, 1.82) is 0 Å². The van der Waals surface area contributed by atoms with Gasteiger partial charge in [-0.1, -0.05) is 51.0 Å². The van der Waals surface area contributed by atoms with Gasteiger partial charge in [0.15, 0.2) is 0 Å². The third-order valence-corrected chi connectivity index (χ3v) is 4.04. The number of ether oxygens (including phenoxy) is 2. The van der Waals surface area contributed by atoms with Gasteiger partial charge in [0, 0.05) is 23.5 Å². The maximum absolute atomic E-state index is 12.2. The van der Waals surface area contributed by atoms with Crippen molar-refractivity contribution in [1.82, 2.24) is 0 Å². The van der Waals surface area contributed by atoms with Crippen LogP contribution in [0.3, 0.4) is 0 Å². The van der Waals surface area contributed by atoms with Crippen LogP contribution in [0.1, 0.15) is 32.6 Å². The van der Waals surface area contributed by atoms with E-state index in [0.29, 0.717) is 24.7 Å². The Morgan fingerprint density at radius 1 is 1.00 bits per heavy atom. The van der Waals surface area contributed by atoms with Gasteiger partial charge in [0.1, 0.15) is 18.1 Å². The van der Waals surface area contributed by atoms with E-state index in [-0.39, 0.29) is 12.5 Å². The second-order valence-corrected chi connectivity index (χ2v) is 6.47. The molecule has 150 valence electrons. The predicted octanol–water partition coefficient (Wildman–Crippen LogP) is 5.26. The molecule has 0 fully saturated rings. The molecule has 5 heteroatoms. The molecule has 0 unspecified atom stereocenters. The normalized spacial score (nSPS) is 10.2. The minimum atomic E-state index is -0.133. The lowest BCUT2D eigenvalue weighted by molar-refractivity contribution is -0.114. The lowest BCUT2D eigenvalue weighted by Gasteiger charge is -2.11. The zero-order valence-corrected chi connectivity index (χ0v) is 16.6. The SMILES string of the molecule is C=CCOc1cccc(NC(=O)CNc2cccc(OCCCCCC)c2)c1. The van der Waals surface area contributed by atoms with Crippen molar-refractivity contribution in [3.63, 3.8) is 0 Å². The number of carbonyl (C=O) groups excluding carboxylic acids is 1. The minimum absolute atomic E-state index is 0.133. The molecule has 0 heterocycles. The molecule has 0 aromatic heterocycles. The topological polar surface area (TPSA) is 59.6 Å². The molecule has 5 nitrogen and oxygen atoms in total. The van der Waals surface area contributed by atoms with E-state index in [1.165, 1.54) is 19.3 Å². The molecular weight excluding hydrogens is 352 g/mol. The summed E-state index contributed by atoms with van der Waals surface area (Å²) in [6, 6.07) is 15.0. The number of rotatable bonds is 13. The van der Waals surface area contributed by atoms with Crippen molar-refractivity contribution in [3.8, 4) is 11.5 Å². The molecule has 2 aromatic carbocycles. The minimum Gasteiger partial charge on any atom is -0.494 e. The van der Waals surface area contributed by atoms with Crippen molar-refractivity contribution in [2.75, 3.05) is 30.4 Å². The van der Waals surface area contributed by atoms with Crippen molar-refractivity contribution in [3.05, 3.63) is 61.2 Å². The number of carbonyl (C=O) groups is 1. The number of hydrogen-bond acceptors (Lipinski definition) is 4. The summed E-state index contributed by atoms with van der Waals surface area (Å²) in [5.41, 5.74) is 1.54. The Bertz CT molecular complexity index is 746. The first-order chi connectivity index (χ1) is 13.7. The van der Waals surface area contributed by atoms with Gasteiger partial charge in [-0.25, -0.2) is 0 Å². The third kappa shape index (κ3) is 8.16. The lowest BCUT2D eigenvalue weighted by Crippen LogP contribution is -2.21. The van der Waals surface area contributed by atoms with E-state index < -0.39 is 0 Å². The molecule has 0 atom stereocenters. The zero-order chi connectivity index (χ0) is 20.0. The van der Waals surface area contributed by atoms with Crippen LogP contribution < -0.4 is 20.1 Å². The Morgan fingerprint density at radius 2 is 1.71 bits per heavy atom. The van der Waals surface area contributed by atoms with Crippen molar-refractivity contribution >= 4 is 17.3 Å². The molecule has 0 saturated heterocycles. The largest absolute Gasteiger partial charge is 0.494 e. The second-order valence-electron chi connectivity index (χ2n) is 6.47. The number of hydrogen-bond donors (Lipinski definition) is 2. The Kier molecular flexibility index (Phi) is 9.49. The van der Waals surface area contributed by atoms with Crippen LogP contribution in [0.2, 0.25) is 0 Å². The summed E-state index contributed by atoms with van der Waals surface area (Å²) in [6.45, 7) is 7.12. The molecule has 0 aliphatic rings. The summed E-state index contributed by atoms with van der Waals surface area (Å²) in [4.78, 5) is 12.2. The highest BCUT2D eigenvalue weighted by Gasteiger charge is 2.04. The van der Waals surface area contributed by atoms with Gasteiger partial charge in [-0.3, -0.25) is 4.79 Å². The number of anilines is 2. The first kappa shape index (κ1) is 21.4. The predicted molar refractivity (Wildman–Crippen MR) is 115 cm³/mol. The highest BCUT2D eigenvalue weighted by Crippen LogP contribution is 2.19. The van der Waals surface area contributed by atoms with Crippen LogP contribution in [-0.4, -0.2) is 25.7 Å². The maximum Gasteiger partial charge on any atom is 0.243 e. The quantitative estimate of drug-likeness (QED) is 0.366. The van der Waals surface area contributed by atoms with Gasteiger partial charge in [0.05, 0.1) is 13.2 Å². The van der Waals surface area contributed by atoms with Gasteiger partial charge in [0.25, 0.3) is 0 Å². The number of nitrogens with one attached hydrogen (secondary N) is 2. The van der Waals surface area contributed by atoms with Gasteiger partial charge in [-0.2, -0.15) is 0 Å². The third-order valence-electron chi connectivity index (χ3n) is 4.04. The van der Waals surface area contributed by atoms with Crippen molar-refractivity contribution < 1.29 is 14.3 Å². The zero-order valence-electron chi connectivity index (χ0n) is 16.6. The van der Waals surface area contributed by atoms with E-state index in [1.807, 2.05) is 42.5 Å². The van der Waals surface area contributed by atoms with Crippen LogP contribution in [0.15, 0.2) is 61.2 Å². The first-order valence-corrected chi connectivity index (χ1v) is 9.81. The first-order valence-electron chi connectivity index (χ1n) is 9.81. The van der Waals surface area contributed by atoms with Crippen molar-refractivity contribution in [2.45, 2.75) is 32.6 Å². The second kappa shape index (κ2) is 12.4. The summed E-state index contributed by atoms with van der Waals surface area (Å²) >= 11 is 0. The van der Waals surface area contributed by atoms with Crippen LogP contribution in [0.25, 0.3) is 0 Å². The molecule has 0 aliphatic heterocycles. The fraction of sp³-hybridized carbons (Fsp3) is 0.348. The Balaban J connectivity index is 1.77. The molecule has 0 spiro atoms. The fourth-order valence-electron chi connectivity index (χ4n) is 2.62. The number of amides is 1. The Hall–Kier alpha value is -2.95. The fourth-order valence-corrected chi connectivity index (χ4v) is 2.62. The molecule has 0 saturated carbocycles. The molecule has 1 amide bonds. The summed E-state index contributed by atoms with van der Waals surface area (Å²) in [5.74, 6) is 1.37. The van der Waals surface area contributed by atoms with Gasteiger partial charge in [-0.15, -0.1) is 0 Å². The average molecular weight is 383 g/mol. The molecular formula is C23H30N2O3. The smallest absolute Gasteiger partial charge is 0.243 e. The molecule has 0 aliphatic carbocycles. The molecule has 0 bridgehead atoms. The van der Waals surface area contributed by atoms with Gasteiger partial charge >= 0.3 is 0 Å². The summed E-state index contributed by atoms with van der Waals surface area (Å²) in [7, 11) is 0. The number of unbranched alkanes of at least 4 members (excludes halogenated alkanes) is 3. The monoisotopic (exact) mass is 382 g/mol. The maximum atomic E-state index is 12.2. The Labute approximate surface area is 167 Å². The molecule has 2 rings (SSSR count). The Morgan fingerprint density at radius 3 is 2.46 bits per heavy atom. The van der Waals surface area contributed by atoms with E-state index in [9.17, 15) is 4.79 Å². The van der Waals surface area contributed by atoms with E-state index in [1.54, 1.807) is 12.1 Å². The van der Waals surface area contributed by atoms with E-state index in [0.717, 1.165) is 17.9 Å². The molecule has 28 heavy (non-hydrogen) atoms. The highest BCUT2D eigenvalue weighted by atomic mass is 16.5. The summed E-state index contributed by atoms with van der Waals surface area (Å²) in [6.07, 6.45) is 6.38. The highest BCUT2D eigenvalue weighted by molar-refractivity contribution is 5.93. The van der Waals surface area contributed by atoms with Crippen LogP contribution in [0.4, 0.5) is 11.4 Å². The van der Waals surface area contributed by atoms with Gasteiger partial charge in [-0.05, 0) is 30.7 Å². The van der Waals surface area contributed by atoms with Crippen LogP contribution in [0.5, 0.6) is 11.5 Å². The van der Waals surface area contributed by atoms with Gasteiger partial charge < -0.3 is 20.1 Å². The molecule has 0 radical (unpaired) electrons. The standard InChI is InChI=1S/C23H30N2O3/c1-3-5-6-7-15-28-21-12-8-10-19(16-21)24-18-23(26)25-20-11-9-13-22(17-20)27-14-4-2/h4,8-13,16-17,24H,2-3,5-7,14-15,18H2,1H3,(H,25,26). The molecule has 2 N–H and O–H groups in total. The lowest BCUT2D eigenvalue weighted by atomic mass is 10.2. The molecule has 2 aromatic rings. The van der Waals surface area contributed by atoms with Gasteiger partial charge in [0.2, 0.25) is 5.91 Å². The number of benzene rings is 2. The average Bonchev–Trinajstić information content (AvgIpc) is 2.71. The van der Waals surface area contributed by atoms with E-state index >= 15 is 0 Å². The van der Waals surface area contributed by atoms with Crippen LogP contribution in [-0.2, 0) is 4.79 Å². The van der Waals surface area contributed by atoms with Crippen molar-refractivity contribution in [2.24, 2.45) is 0 Å². The van der Waals surface area contributed by atoms with E-state index in [2.05, 4.69) is 24.1 Å². The summed E-state index contributed by atoms with van der Waals surface area (Å²) in [5, 5.41) is 5.99. The summed E-state index contributed by atoms with van der Waals surface area (Å²) < 4.78 is 11.3. The van der Waals surface area contributed by atoms with E-state index in [4.69, 9.17) is 9.47 Å². The van der Waals surface area contributed by atoms with Crippen LogP contribution in [0, 0.1) is 0 Å².